The molecule has 98 valence electrons. The van der Waals surface area contributed by atoms with Crippen molar-refractivity contribution in [3.05, 3.63) is 28.8 Å². The minimum atomic E-state index is -0.792. The van der Waals surface area contributed by atoms with Crippen molar-refractivity contribution in [2.24, 2.45) is 0 Å². The molecule has 0 radical (unpaired) electrons. The number of hydrogen-bond acceptors (Lipinski definition) is 3. The van der Waals surface area contributed by atoms with Crippen LogP contribution in [0.2, 0.25) is 5.02 Å². The van der Waals surface area contributed by atoms with Crippen LogP contribution in [0.25, 0.3) is 0 Å². The van der Waals surface area contributed by atoms with Gasteiger partial charge in [-0.3, -0.25) is 10.1 Å². The Morgan fingerprint density at radius 3 is 2.67 bits per heavy atom. The van der Waals surface area contributed by atoms with Crippen LogP contribution in [0.3, 0.4) is 0 Å². The summed E-state index contributed by atoms with van der Waals surface area (Å²) in [5.41, 5.74) is 0.860. The van der Waals surface area contributed by atoms with Crippen molar-refractivity contribution < 1.29 is 14.3 Å². The van der Waals surface area contributed by atoms with Crippen LogP contribution in [0, 0.1) is 6.92 Å². The Balaban J connectivity index is 2.69. The number of ether oxygens (including phenoxy) is 1. The monoisotopic (exact) mass is 270 g/mol. The second kappa shape index (κ2) is 6.26. The first-order valence-electron chi connectivity index (χ1n) is 5.39. The number of halogens is 1. The van der Waals surface area contributed by atoms with Gasteiger partial charge in [-0.1, -0.05) is 17.7 Å². The fourth-order valence-electron chi connectivity index (χ4n) is 1.22. The van der Waals surface area contributed by atoms with Crippen molar-refractivity contribution in [3.63, 3.8) is 0 Å². The Morgan fingerprint density at radius 1 is 1.39 bits per heavy atom. The molecule has 0 aliphatic carbocycles. The van der Waals surface area contributed by atoms with Gasteiger partial charge in [0.1, 0.15) is 5.75 Å². The van der Waals surface area contributed by atoms with E-state index >= 15 is 0 Å². The van der Waals surface area contributed by atoms with Gasteiger partial charge in [-0.25, -0.2) is 4.79 Å². The largest absolute Gasteiger partial charge is 0.481 e. The van der Waals surface area contributed by atoms with Crippen LogP contribution in [0.1, 0.15) is 12.5 Å². The second-order valence-electron chi connectivity index (χ2n) is 3.74. The summed E-state index contributed by atoms with van der Waals surface area (Å²) in [6.07, 6.45) is -0.792. The first-order valence-corrected chi connectivity index (χ1v) is 5.77. The SMILES string of the molecule is CNC(=O)NC(=O)C(C)Oc1cc(Cl)ccc1C. The third-order valence-electron chi connectivity index (χ3n) is 2.29. The minimum Gasteiger partial charge on any atom is -0.481 e. The van der Waals surface area contributed by atoms with Gasteiger partial charge in [-0.05, 0) is 31.5 Å². The minimum absolute atomic E-state index is 0.516. The van der Waals surface area contributed by atoms with Crippen molar-refractivity contribution in [1.82, 2.24) is 10.6 Å². The van der Waals surface area contributed by atoms with Crippen molar-refractivity contribution in [2.45, 2.75) is 20.0 Å². The standard InChI is InChI=1S/C12H15ClN2O3/c1-7-4-5-9(13)6-10(7)18-8(2)11(16)15-12(17)14-3/h4-6,8H,1-3H3,(H2,14,15,16,17). The molecule has 2 N–H and O–H groups in total. The Bertz CT molecular complexity index is 463. The van der Waals surface area contributed by atoms with Gasteiger partial charge in [0.05, 0.1) is 0 Å². The molecule has 6 heteroatoms. The highest BCUT2D eigenvalue weighted by Crippen LogP contribution is 2.23. The van der Waals surface area contributed by atoms with E-state index in [1.165, 1.54) is 7.05 Å². The number of nitrogens with one attached hydrogen (secondary N) is 2. The summed E-state index contributed by atoms with van der Waals surface area (Å²) in [5, 5.41) is 4.95. The zero-order chi connectivity index (χ0) is 13.7. The molecular formula is C12H15ClN2O3. The molecule has 0 aromatic heterocycles. The third kappa shape index (κ3) is 3.92. The van der Waals surface area contributed by atoms with Crippen molar-refractivity contribution >= 4 is 23.5 Å². The molecule has 0 aliphatic rings. The summed E-state index contributed by atoms with van der Waals surface area (Å²) in [4.78, 5) is 22.6. The first kappa shape index (κ1) is 14.3. The van der Waals surface area contributed by atoms with E-state index in [4.69, 9.17) is 16.3 Å². The summed E-state index contributed by atoms with van der Waals surface area (Å²) < 4.78 is 5.46. The smallest absolute Gasteiger partial charge is 0.321 e. The van der Waals surface area contributed by atoms with Crippen LogP contribution in [0.15, 0.2) is 18.2 Å². The van der Waals surface area contributed by atoms with E-state index in [2.05, 4.69) is 10.6 Å². The highest BCUT2D eigenvalue weighted by Gasteiger charge is 2.17. The van der Waals surface area contributed by atoms with Gasteiger partial charge in [0.25, 0.3) is 5.91 Å². The second-order valence-corrected chi connectivity index (χ2v) is 4.17. The van der Waals surface area contributed by atoms with Crippen molar-refractivity contribution in [1.29, 1.82) is 0 Å². The molecule has 0 saturated carbocycles. The zero-order valence-corrected chi connectivity index (χ0v) is 11.2. The van der Waals surface area contributed by atoms with E-state index in [9.17, 15) is 9.59 Å². The van der Waals surface area contributed by atoms with E-state index in [1.54, 1.807) is 25.1 Å². The number of rotatable bonds is 3. The molecule has 0 aliphatic heterocycles. The molecule has 0 saturated heterocycles. The fraction of sp³-hybridized carbons (Fsp3) is 0.333. The highest BCUT2D eigenvalue weighted by atomic mass is 35.5. The number of carbonyl (C=O) groups excluding carboxylic acids is 2. The summed E-state index contributed by atoms with van der Waals surface area (Å²) in [6, 6.07) is 4.58. The van der Waals surface area contributed by atoms with Gasteiger partial charge in [-0.2, -0.15) is 0 Å². The van der Waals surface area contributed by atoms with Gasteiger partial charge >= 0.3 is 6.03 Å². The number of imide groups is 1. The average Bonchev–Trinajstić information content (AvgIpc) is 2.33. The molecule has 0 spiro atoms. The van der Waals surface area contributed by atoms with E-state index in [0.29, 0.717) is 10.8 Å². The average molecular weight is 271 g/mol. The van der Waals surface area contributed by atoms with E-state index in [0.717, 1.165) is 5.56 Å². The Morgan fingerprint density at radius 2 is 2.06 bits per heavy atom. The molecule has 0 bridgehead atoms. The molecule has 5 nitrogen and oxygen atoms in total. The Labute approximate surface area is 110 Å². The molecule has 1 unspecified atom stereocenters. The highest BCUT2D eigenvalue weighted by molar-refractivity contribution is 6.30. The first-order chi connectivity index (χ1) is 8.43. The zero-order valence-electron chi connectivity index (χ0n) is 10.4. The van der Waals surface area contributed by atoms with E-state index in [1.807, 2.05) is 6.92 Å². The molecule has 18 heavy (non-hydrogen) atoms. The van der Waals surface area contributed by atoms with Crippen LogP contribution in [0.4, 0.5) is 4.79 Å². The molecule has 3 amide bonds. The van der Waals surface area contributed by atoms with Gasteiger partial charge < -0.3 is 10.1 Å². The van der Waals surface area contributed by atoms with Crippen molar-refractivity contribution in [3.8, 4) is 5.75 Å². The van der Waals surface area contributed by atoms with Gasteiger partial charge in [0.15, 0.2) is 6.10 Å². The predicted octanol–water partition coefficient (Wildman–Crippen LogP) is 1.87. The summed E-state index contributed by atoms with van der Waals surface area (Å²) in [5.74, 6) is -0.00391. The normalized spacial score (nSPS) is 11.6. The van der Waals surface area contributed by atoms with Crippen LogP contribution in [-0.4, -0.2) is 25.1 Å². The van der Waals surface area contributed by atoms with Gasteiger partial charge in [0.2, 0.25) is 0 Å². The maximum atomic E-state index is 11.6. The molecular weight excluding hydrogens is 256 g/mol. The number of carbonyl (C=O) groups is 2. The number of amides is 3. The van der Waals surface area contributed by atoms with Crippen molar-refractivity contribution in [2.75, 3.05) is 7.05 Å². The van der Waals surface area contributed by atoms with Gasteiger partial charge in [-0.15, -0.1) is 0 Å². The Hall–Kier alpha value is -1.75. The number of hydrogen-bond donors (Lipinski definition) is 2. The predicted molar refractivity (Wildman–Crippen MR) is 68.9 cm³/mol. The fourth-order valence-corrected chi connectivity index (χ4v) is 1.38. The summed E-state index contributed by atoms with van der Waals surface area (Å²) in [6.45, 7) is 3.40. The van der Waals surface area contributed by atoms with Crippen LogP contribution >= 0.6 is 11.6 Å². The third-order valence-corrected chi connectivity index (χ3v) is 2.52. The molecule has 1 aromatic rings. The van der Waals surface area contributed by atoms with E-state index in [-0.39, 0.29) is 0 Å². The lowest BCUT2D eigenvalue weighted by Gasteiger charge is -2.15. The Kier molecular flexibility index (Phi) is 4.97. The van der Waals surface area contributed by atoms with E-state index < -0.39 is 18.0 Å². The van der Waals surface area contributed by atoms with Crippen LogP contribution in [-0.2, 0) is 4.79 Å². The lowest BCUT2D eigenvalue weighted by Crippen LogP contribution is -2.44. The number of aryl methyl sites for hydroxylation is 1. The quantitative estimate of drug-likeness (QED) is 0.881. The molecule has 1 atom stereocenters. The van der Waals surface area contributed by atoms with Crippen LogP contribution in [0.5, 0.6) is 5.75 Å². The maximum Gasteiger partial charge on any atom is 0.321 e. The number of urea groups is 1. The van der Waals surface area contributed by atoms with Gasteiger partial charge in [0, 0.05) is 12.1 Å². The summed E-state index contributed by atoms with van der Waals surface area (Å²) in [7, 11) is 1.43. The lowest BCUT2D eigenvalue weighted by atomic mass is 10.2. The molecule has 1 aromatic carbocycles. The topological polar surface area (TPSA) is 67.4 Å². The lowest BCUT2D eigenvalue weighted by molar-refractivity contribution is -0.126. The maximum absolute atomic E-state index is 11.6. The summed E-state index contributed by atoms with van der Waals surface area (Å²) >= 11 is 5.84. The number of benzene rings is 1. The molecule has 1 rings (SSSR count). The molecule has 0 fully saturated rings. The molecule has 0 heterocycles. The van der Waals surface area contributed by atoms with Crippen LogP contribution < -0.4 is 15.4 Å².